The predicted octanol–water partition coefficient (Wildman–Crippen LogP) is 5.62. The van der Waals surface area contributed by atoms with E-state index in [0.29, 0.717) is 27.6 Å². The Morgan fingerprint density at radius 2 is 1.70 bits per heavy atom. The van der Waals surface area contributed by atoms with Gasteiger partial charge in [0.1, 0.15) is 5.75 Å². The van der Waals surface area contributed by atoms with Gasteiger partial charge in [-0.25, -0.2) is 0 Å². The minimum absolute atomic E-state index is 0.0937. The van der Waals surface area contributed by atoms with E-state index in [1.165, 1.54) is 0 Å². The summed E-state index contributed by atoms with van der Waals surface area (Å²) in [6.07, 6.45) is 0. The number of anilines is 1. The molecule has 0 saturated carbocycles. The van der Waals surface area contributed by atoms with E-state index in [1.807, 2.05) is 0 Å². The number of carbonyl (C=O) groups is 2. The van der Waals surface area contributed by atoms with Crippen LogP contribution in [-0.2, 0) is 0 Å². The molecule has 0 aliphatic carbocycles. The summed E-state index contributed by atoms with van der Waals surface area (Å²) < 4.78 is 6.47. The minimum Gasteiger partial charge on any atom is -0.485 e. The minimum atomic E-state index is -0.316. The number of ether oxygens (including phenoxy) is 1. The van der Waals surface area contributed by atoms with E-state index in [2.05, 4.69) is 21.2 Å². The topological polar surface area (TPSA) is 55.4 Å². The fraction of sp³-hybridized carbons (Fsp3) is 0.0476. The van der Waals surface area contributed by atoms with E-state index < -0.39 is 0 Å². The molecule has 0 bridgehead atoms. The SMILES string of the molecule is O=C(COc1cccc(NC(=O)c2ccccc2Cl)c1)c1ccc(Br)cc1. The van der Waals surface area contributed by atoms with Crippen LogP contribution in [0, 0.1) is 0 Å². The smallest absolute Gasteiger partial charge is 0.257 e. The molecule has 3 aromatic rings. The van der Waals surface area contributed by atoms with Crippen LogP contribution in [0.1, 0.15) is 20.7 Å². The lowest BCUT2D eigenvalue weighted by Crippen LogP contribution is -2.13. The second-order valence-corrected chi connectivity index (χ2v) is 7.00. The van der Waals surface area contributed by atoms with Crippen molar-refractivity contribution < 1.29 is 14.3 Å². The van der Waals surface area contributed by atoms with Gasteiger partial charge in [0.2, 0.25) is 0 Å². The number of ketones is 1. The summed E-state index contributed by atoms with van der Waals surface area (Å²) in [6.45, 7) is -0.0937. The first-order valence-corrected chi connectivity index (χ1v) is 9.27. The van der Waals surface area contributed by atoms with Crippen LogP contribution in [-0.4, -0.2) is 18.3 Å². The van der Waals surface area contributed by atoms with E-state index >= 15 is 0 Å². The third-order valence-corrected chi connectivity index (χ3v) is 4.60. The zero-order chi connectivity index (χ0) is 19.2. The number of nitrogens with one attached hydrogen (secondary N) is 1. The van der Waals surface area contributed by atoms with Crippen molar-refractivity contribution in [1.29, 1.82) is 0 Å². The Balaban J connectivity index is 1.63. The van der Waals surface area contributed by atoms with Crippen LogP contribution in [0.5, 0.6) is 5.75 Å². The Morgan fingerprint density at radius 3 is 2.44 bits per heavy atom. The third-order valence-electron chi connectivity index (χ3n) is 3.75. The van der Waals surface area contributed by atoms with Gasteiger partial charge in [-0.05, 0) is 36.4 Å². The molecule has 4 nitrogen and oxygen atoms in total. The van der Waals surface area contributed by atoms with Crippen molar-refractivity contribution in [3.05, 3.63) is 93.4 Å². The number of hydrogen-bond acceptors (Lipinski definition) is 3. The molecule has 0 unspecified atom stereocenters. The van der Waals surface area contributed by atoms with Crippen molar-refractivity contribution in [2.24, 2.45) is 0 Å². The number of Topliss-reactive ketones (excluding diaryl/α,β-unsaturated/α-hetero) is 1. The first-order valence-electron chi connectivity index (χ1n) is 8.10. The lowest BCUT2D eigenvalue weighted by molar-refractivity contribution is 0.0920. The van der Waals surface area contributed by atoms with E-state index in [0.717, 1.165) is 4.47 Å². The van der Waals surface area contributed by atoms with E-state index in [4.69, 9.17) is 16.3 Å². The maximum atomic E-state index is 12.3. The number of carbonyl (C=O) groups excluding carboxylic acids is 2. The molecule has 0 atom stereocenters. The van der Waals surface area contributed by atoms with Crippen LogP contribution < -0.4 is 10.1 Å². The van der Waals surface area contributed by atoms with Gasteiger partial charge in [-0.1, -0.05) is 57.9 Å². The summed E-state index contributed by atoms with van der Waals surface area (Å²) in [5.41, 5.74) is 1.51. The van der Waals surface area contributed by atoms with Crippen molar-refractivity contribution in [2.75, 3.05) is 11.9 Å². The molecule has 0 saturated heterocycles. The molecule has 0 aliphatic heterocycles. The van der Waals surface area contributed by atoms with Crippen LogP contribution in [0.15, 0.2) is 77.3 Å². The van der Waals surface area contributed by atoms with Crippen LogP contribution >= 0.6 is 27.5 Å². The molecule has 3 rings (SSSR count). The third kappa shape index (κ3) is 5.18. The van der Waals surface area contributed by atoms with Crippen molar-refractivity contribution in [1.82, 2.24) is 0 Å². The maximum Gasteiger partial charge on any atom is 0.257 e. The molecule has 0 radical (unpaired) electrons. The number of rotatable bonds is 6. The molecular formula is C21H15BrClNO3. The Kier molecular flexibility index (Phi) is 6.27. The van der Waals surface area contributed by atoms with Crippen LogP contribution in [0.3, 0.4) is 0 Å². The highest BCUT2D eigenvalue weighted by Crippen LogP contribution is 2.21. The first-order chi connectivity index (χ1) is 13.0. The fourth-order valence-corrected chi connectivity index (χ4v) is 2.86. The van der Waals surface area contributed by atoms with Gasteiger partial charge in [0.25, 0.3) is 5.91 Å². The standard InChI is InChI=1S/C21H15BrClNO3/c22-15-10-8-14(9-11-15)20(25)13-27-17-5-3-4-16(12-17)24-21(26)18-6-1-2-7-19(18)23/h1-12H,13H2,(H,24,26). The molecule has 3 aromatic carbocycles. The van der Waals surface area contributed by atoms with E-state index in [9.17, 15) is 9.59 Å². The quantitative estimate of drug-likeness (QED) is 0.502. The molecule has 0 aromatic heterocycles. The first kappa shape index (κ1) is 19.1. The average Bonchev–Trinajstić information content (AvgIpc) is 2.67. The predicted molar refractivity (Wildman–Crippen MR) is 110 cm³/mol. The Bertz CT molecular complexity index is 973. The van der Waals surface area contributed by atoms with Gasteiger partial charge in [-0.3, -0.25) is 9.59 Å². The highest BCUT2D eigenvalue weighted by atomic mass is 79.9. The van der Waals surface area contributed by atoms with E-state index in [-0.39, 0.29) is 18.3 Å². The summed E-state index contributed by atoms with van der Waals surface area (Å²) in [6, 6.07) is 20.7. The summed E-state index contributed by atoms with van der Waals surface area (Å²) in [5.74, 6) is 0.0362. The summed E-state index contributed by atoms with van der Waals surface area (Å²) in [5, 5.41) is 3.15. The van der Waals surface area contributed by atoms with Crippen LogP contribution in [0.2, 0.25) is 5.02 Å². The number of hydrogen-bond donors (Lipinski definition) is 1. The molecular weight excluding hydrogens is 430 g/mol. The second kappa shape index (κ2) is 8.84. The van der Waals surface area contributed by atoms with Crippen molar-refractivity contribution in [3.8, 4) is 5.75 Å². The van der Waals surface area contributed by atoms with Crippen molar-refractivity contribution in [2.45, 2.75) is 0 Å². The van der Waals surface area contributed by atoms with E-state index in [1.54, 1.807) is 72.8 Å². The van der Waals surface area contributed by atoms with Gasteiger partial charge in [0.15, 0.2) is 12.4 Å². The number of halogens is 2. The average molecular weight is 445 g/mol. The van der Waals surface area contributed by atoms with Crippen molar-refractivity contribution >= 4 is 44.9 Å². The fourth-order valence-electron chi connectivity index (χ4n) is 2.38. The Morgan fingerprint density at radius 1 is 0.963 bits per heavy atom. The lowest BCUT2D eigenvalue weighted by atomic mass is 10.1. The molecule has 6 heteroatoms. The number of amides is 1. The monoisotopic (exact) mass is 443 g/mol. The van der Waals surface area contributed by atoms with Gasteiger partial charge < -0.3 is 10.1 Å². The van der Waals surface area contributed by atoms with Gasteiger partial charge in [0, 0.05) is 21.8 Å². The van der Waals surface area contributed by atoms with Gasteiger partial charge in [-0.15, -0.1) is 0 Å². The zero-order valence-corrected chi connectivity index (χ0v) is 16.5. The highest BCUT2D eigenvalue weighted by Gasteiger charge is 2.11. The maximum absolute atomic E-state index is 12.3. The Hall–Kier alpha value is -2.63. The molecule has 1 amide bonds. The van der Waals surface area contributed by atoms with Gasteiger partial charge in [0.05, 0.1) is 10.6 Å². The molecule has 1 N–H and O–H groups in total. The number of benzene rings is 3. The van der Waals surface area contributed by atoms with Crippen molar-refractivity contribution in [3.63, 3.8) is 0 Å². The van der Waals surface area contributed by atoms with Gasteiger partial charge >= 0.3 is 0 Å². The summed E-state index contributed by atoms with van der Waals surface area (Å²) in [7, 11) is 0. The molecule has 0 aliphatic rings. The largest absolute Gasteiger partial charge is 0.485 e. The Labute approximate surface area is 170 Å². The zero-order valence-electron chi connectivity index (χ0n) is 14.1. The summed E-state index contributed by atoms with van der Waals surface area (Å²) in [4.78, 5) is 24.5. The van der Waals surface area contributed by atoms with Crippen LogP contribution in [0.25, 0.3) is 0 Å². The molecule has 0 spiro atoms. The molecule has 0 fully saturated rings. The summed E-state index contributed by atoms with van der Waals surface area (Å²) >= 11 is 9.38. The normalized spacial score (nSPS) is 10.3. The molecule has 27 heavy (non-hydrogen) atoms. The lowest BCUT2D eigenvalue weighted by Gasteiger charge is -2.10. The van der Waals surface area contributed by atoms with Crippen LogP contribution in [0.4, 0.5) is 5.69 Å². The molecule has 0 heterocycles. The second-order valence-electron chi connectivity index (χ2n) is 5.68. The molecule has 136 valence electrons. The highest BCUT2D eigenvalue weighted by molar-refractivity contribution is 9.10. The van der Waals surface area contributed by atoms with Gasteiger partial charge in [-0.2, -0.15) is 0 Å².